The molecule has 2 aliphatic carbocycles. The number of phenolic OH excluding ortho intramolecular Hbond substituents is 2. The van der Waals surface area contributed by atoms with Gasteiger partial charge in [0, 0.05) is 37.2 Å². The van der Waals surface area contributed by atoms with Crippen LogP contribution in [0.2, 0.25) is 0 Å². The molecule has 3 N–H and O–H groups in total. The number of hydrogen-bond acceptors (Lipinski definition) is 6. The molecule has 0 aromatic heterocycles. The minimum absolute atomic E-state index is 0.0702. The summed E-state index contributed by atoms with van der Waals surface area (Å²) < 4.78 is 0. The van der Waals surface area contributed by atoms with Crippen molar-refractivity contribution in [1.29, 1.82) is 0 Å². The van der Waals surface area contributed by atoms with Crippen LogP contribution in [0.15, 0.2) is 29.5 Å². The second-order valence-corrected chi connectivity index (χ2v) is 9.96. The highest BCUT2D eigenvalue weighted by molar-refractivity contribution is 6.09. The molecule has 0 bridgehead atoms. The molecule has 1 saturated carbocycles. The quantitative estimate of drug-likeness (QED) is 0.523. The van der Waals surface area contributed by atoms with Gasteiger partial charge in [0.1, 0.15) is 17.3 Å². The predicted octanol–water partition coefficient (Wildman–Crippen LogP) is 3.96. The Bertz CT molecular complexity index is 901. The summed E-state index contributed by atoms with van der Waals surface area (Å²) in [6.07, 6.45) is 0.832. The number of phenols is 2. The maximum Gasteiger partial charge on any atom is 0.163 e. The van der Waals surface area contributed by atoms with Crippen LogP contribution < -0.4 is 0 Å². The first-order valence-electron chi connectivity index (χ1n) is 9.84. The number of aliphatic hydroxyl groups is 1. The van der Waals surface area contributed by atoms with Gasteiger partial charge in [0.25, 0.3) is 0 Å². The second kappa shape index (κ2) is 7.01. The van der Waals surface area contributed by atoms with Gasteiger partial charge in [-0.15, -0.1) is 0 Å². The number of rotatable bonds is 3. The third kappa shape index (κ3) is 4.07. The summed E-state index contributed by atoms with van der Waals surface area (Å²) >= 11 is 0. The molecule has 0 aliphatic heterocycles. The number of carbonyl (C=O) groups is 3. The van der Waals surface area contributed by atoms with Crippen molar-refractivity contribution < 1.29 is 29.7 Å². The molecule has 1 aromatic carbocycles. The molecule has 1 atom stereocenters. The third-order valence-corrected chi connectivity index (χ3v) is 5.90. The number of ketones is 3. The molecule has 0 spiro atoms. The molecular weight excluding hydrogens is 372 g/mol. The Balaban J connectivity index is 2.18. The lowest BCUT2D eigenvalue weighted by atomic mass is 9.62. The van der Waals surface area contributed by atoms with Crippen LogP contribution in [0, 0.1) is 16.7 Å². The minimum atomic E-state index is -1.10. The minimum Gasteiger partial charge on any atom is -0.512 e. The van der Waals surface area contributed by atoms with Crippen molar-refractivity contribution in [1.82, 2.24) is 0 Å². The van der Waals surface area contributed by atoms with Crippen LogP contribution in [0.4, 0.5) is 0 Å². The van der Waals surface area contributed by atoms with Gasteiger partial charge in [-0.3, -0.25) is 14.4 Å². The average molecular weight is 400 g/mol. The number of aliphatic hydroxyl groups excluding tert-OH is 1. The van der Waals surface area contributed by atoms with Gasteiger partial charge in [-0.2, -0.15) is 0 Å². The van der Waals surface area contributed by atoms with Gasteiger partial charge in [0.2, 0.25) is 0 Å². The van der Waals surface area contributed by atoms with Gasteiger partial charge in [0.15, 0.2) is 17.3 Å². The molecule has 6 heteroatoms. The maximum absolute atomic E-state index is 13.0. The first-order chi connectivity index (χ1) is 13.3. The van der Waals surface area contributed by atoms with Crippen LogP contribution in [-0.4, -0.2) is 32.7 Å². The number of Topliss-reactive ketones (excluding diaryl/α,β-unsaturated/α-hetero) is 3. The van der Waals surface area contributed by atoms with E-state index in [-0.39, 0.29) is 60.1 Å². The fourth-order valence-electron chi connectivity index (χ4n) is 4.69. The summed E-state index contributed by atoms with van der Waals surface area (Å²) in [5.74, 6) is -3.81. The monoisotopic (exact) mass is 400 g/mol. The van der Waals surface area contributed by atoms with Crippen LogP contribution in [0.3, 0.4) is 0 Å². The van der Waals surface area contributed by atoms with Gasteiger partial charge in [-0.1, -0.05) is 33.8 Å². The highest BCUT2D eigenvalue weighted by Gasteiger charge is 2.48. The molecular formula is C23H28O6. The number of aromatic hydroxyl groups is 2. The van der Waals surface area contributed by atoms with E-state index in [9.17, 15) is 29.7 Å². The Hall–Kier alpha value is -2.63. The Morgan fingerprint density at radius 1 is 0.828 bits per heavy atom. The number of benzene rings is 1. The average Bonchev–Trinajstić information content (AvgIpc) is 2.52. The number of hydrogen-bond donors (Lipinski definition) is 3. The topological polar surface area (TPSA) is 112 Å². The normalized spacial score (nSPS) is 23.4. The molecule has 0 unspecified atom stereocenters. The Morgan fingerprint density at radius 3 is 1.90 bits per heavy atom. The van der Waals surface area contributed by atoms with Crippen LogP contribution in [0.1, 0.15) is 64.9 Å². The zero-order chi connectivity index (χ0) is 21.7. The lowest BCUT2D eigenvalue weighted by Crippen LogP contribution is -2.43. The smallest absolute Gasteiger partial charge is 0.163 e. The van der Waals surface area contributed by atoms with Gasteiger partial charge < -0.3 is 15.3 Å². The van der Waals surface area contributed by atoms with Crippen molar-refractivity contribution in [3.8, 4) is 11.5 Å². The predicted molar refractivity (Wildman–Crippen MR) is 107 cm³/mol. The van der Waals surface area contributed by atoms with E-state index in [1.54, 1.807) is 0 Å². The summed E-state index contributed by atoms with van der Waals surface area (Å²) in [4.78, 5) is 39.1. The van der Waals surface area contributed by atoms with E-state index in [4.69, 9.17) is 0 Å². The van der Waals surface area contributed by atoms with Gasteiger partial charge in [-0.25, -0.2) is 0 Å². The van der Waals surface area contributed by atoms with E-state index in [2.05, 4.69) is 0 Å². The van der Waals surface area contributed by atoms with Crippen LogP contribution in [-0.2, 0) is 14.4 Å². The van der Waals surface area contributed by atoms with Crippen molar-refractivity contribution in [2.75, 3.05) is 0 Å². The standard InChI is InChI=1S/C23H28O6/c1-22(2)8-15(26)20(16(27)9-22)19(12-5-6-13(24)14(25)7-12)21-17(28)10-23(3,4)11-18(21)29/h5-7,19-20,24-25,28H,8-11H2,1-4H3/t19-/m0/s1. The van der Waals surface area contributed by atoms with E-state index in [0.717, 1.165) is 0 Å². The van der Waals surface area contributed by atoms with E-state index in [1.165, 1.54) is 18.2 Å². The van der Waals surface area contributed by atoms with Crippen molar-refractivity contribution >= 4 is 17.3 Å². The molecule has 0 amide bonds. The van der Waals surface area contributed by atoms with E-state index in [1.807, 2.05) is 27.7 Å². The van der Waals surface area contributed by atoms with Gasteiger partial charge in [0.05, 0.1) is 5.92 Å². The summed E-state index contributed by atoms with van der Waals surface area (Å²) in [7, 11) is 0. The highest BCUT2D eigenvalue weighted by Crippen LogP contribution is 2.48. The molecule has 6 nitrogen and oxygen atoms in total. The van der Waals surface area contributed by atoms with Crippen LogP contribution in [0.5, 0.6) is 11.5 Å². The molecule has 0 saturated heterocycles. The molecule has 0 radical (unpaired) electrons. The molecule has 156 valence electrons. The summed E-state index contributed by atoms with van der Waals surface area (Å²) in [5, 5.41) is 30.4. The zero-order valence-corrected chi connectivity index (χ0v) is 17.3. The number of carbonyl (C=O) groups excluding carboxylic acids is 3. The first kappa shape index (κ1) is 21.1. The molecule has 0 heterocycles. The highest BCUT2D eigenvalue weighted by atomic mass is 16.3. The largest absolute Gasteiger partial charge is 0.512 e. The lowest BCUT2D eigenvalue weighted by molar-refractivity contribution is -0.140. The fraction of sp³-hybridized carbons (Fsp3) is 0.522. The summed E-state index contributed by atoms with van der Waals surface area (Å²) in [6, 6.07) is 4.00. The third-order valence-electron chi connectivity index (χ3n) is 5.90. The first-order valence-corrected chi connectivity index (χ1v) is 9.84. The van der Waals surface area contributed by atoms with Crippen LogP contribution >= 0.6 is 0 Å². The SMILES string of the molecule is CC1(C)CC(=O)C([C@@H](C2=C(O)CC(C)(C)CC2=O)c2ccc(O)c(O)c2)C(=O)C1. The Kier molecular flexibility index (Phi) is 5.10. The lowest BCUT2D eigenvalue weighted by Gasteiger charge is -2.39. The molecule has 2 aliphatic rings. The summed E-state index contributed by atoms with van der Waals surface area (Å²) in [6.45, 7) is 7.45. The van der Waals surface area contributed by atoms with E-state index >= 15 is 0 Å². The van der Waals surface area contributed by atoms with Crippen molar-refractivity contribution in [2.45, 2.75) is 59.3 Å². The van der Waals surface area contributed by atoms with Crippen molar-refractivity contribution in [3.05, 3.63) is 35.1 Å². The van der Waals surface area contributed by atoms with Crippen LogP contribution in [0.25, 0.3) is 0 Å². The Morgan fingerprint density at radius 2 is 1.38 bits per heavy atom. The molecule has 1 aromatic rings. The van der Waals surface area contributed by atoms with Crippen molar-refractivity contribution in [2.24, 2.45) is 16.7 Å². The zero-order valence-electron chi connectivity index (χ0n) is 17.3. The van der Waals surface area contributed by atoms with E-state index < -0.39 is 28.4 Å². The van der Waals surface area contributed by atoms with Gasteiger partial charge in [-0.05, 0) is 28.5 Å². The maximum atomic E-state index is 13.0. The Labute approximate surface area is 170 Å². The van der Waals surface area contributed by atoms with E-state index in [0.29, 0.717) is 5.56 Å². The fourth-order valence-corrected chi connectivity index (χ4v) is 4.69. The van der Waals surface area contributed by atoms with Crippen molar-refractivity contribution in [3.63, 3.8) is 0 Å². The molecule has 3 rings (SSSR count). The van der Waals surface area contributed by atoms with Gasteiger partial charge >= 0.3 is 0 Å². The molecule has 29 heavy (non-hydrogen) atoms. The summed E-state index contributed by atoms with van der Waals surface area (Å²) in [5.41, 5.74) is -0.460. The number of allylic oxidation sites excluding steroid dienone is 2. The molecule has 1 fully saturated rings. The second-order valence-electron chi connectivity index (χ2n) is 9.96.